The first-order chi connectivity index (χ1) is 10.6. The number of guanidine groups is 1. The lowest BCUT2D eigenvalue weighted by atomic mass is 10.1. The van der Waals surface area contributed by atoms with Gasteiger partial charge in [0.2, 0.25) is 5.96 Å². The molecule has 0 aliphatic carbocycles. The zero-order chi connectivity index (χ0) is 15.9. The molecule has 2 aromatic carbocycles. The average Bonchev–Trinajstić information content (AvgIpc) is 2.49. The van der Waals surface area contributed by atoms with Crippen molar-refractivity contribution in [3.63, 3.8) is 0 Å². The highest BCUT2D eigenvalue weighted by Gasteiger charge is 2.12. The minimum absolute atomic E-state index is 0.0528. The normalized spacial score (nSPS) is 10.9. The van der Waals surface area contributed by atoms with E-state index in [1.165, 1.54) is 5.69 Å². The minimum atomic E-state index is -0.0528. The van der Waals surface area contributed by atoms with Crippen LogP contribution in [0, 0.1) is 0 Å². The van der Waals surface area contributed by atoms with Gasteiger partial charge >= 0.3 is 0 Å². The van der Waals surface area contributed by atoms with Gasteiger partial charge in [0.15, 0.2) is 0 Å². The number of hydrogen-bond donors (Lipinski definition) is 2. The fourth-order valence-corrected chi connectivity index (χ4v) is 2.22. The summed E-state index contributed by atoms with van der Waals surface area (Å²) in [5.74, 6) is -0.0528. The van der Waals surface area contributed by atoms with Gasteiger partial charge in [-0.2, -0.15) is 5.10 Å². The summed E-state index contributed by atoms with van der Waals surface area (Å²) in [7, 11) is 0. The third-order valence-electron chi connectivity index (χ3n) is 3.10. The monoisotopic (exact) mass is 295 g/mol. The Balaban J connectivity index is 2.24. The fraction of sp³-hybridized carbons (Fsp3) is 0.176. The van der Waals surface area contributed by atoms with Crippen LogP contribution in [0.2, 0.25) is 0 Å². The highest BCUT2D eigenvalue weighted by atomic mass is 15.3. The van der Waals surface area contributed by atoms with Crippen molar-refractivity contribution in [2.45, 2.75) is 19.9 Å². The molecule has 0 amide bonds. The van der Waals surface area contributed by atoms with Crippen molar-refractivity contribution in [1.29, 1.82) is 0 Å². The van der Waals surface area contributed by atoms with E-state index in [4.69, 9.17) is 11.5 Å². The summed E-state index contributed by atoms with van der Waals surface area (Å²) < 4.78 is 0. The molecular formula is C17H21N5. The Morgan fingerprint density at radius 1 is 0.955 bits per heavy atom. The van der Waals surface area contributed by atoms with Gasteiger partial charge in [-0.25, -0.2) is 0 Å². The van der Waals surface area contributed by atoms with Crippen molar-refractivity contribution >= 4 is 23.5 Å². The lowest BCUT2D eigenvalue weighted by Gasteiger charge is -2.29. The summed E-state index contributed by atoms with van der Waals surface area (Å²) >= 11 is 0. The predicted octanol–water partition coefficient (Wildman–Crippen LogP) is 2.84. The molecule has 0 radical (unpaired) electrons. The second-order valence-electron chi connectivity index (χ2n) is 5.16. The minimum Gasteiger partial charge on any atom is -0.369 e. The lowest BCUT2D eigenvalue weighted by Crippen LogP contribution is -2.25. The van der Waals surface area contributed by atoms with E-state index in [0.717, 1.165) is 11.3 Å². The summed E-state index contributed by atoms with van der Waals surface area (Å²) in [6, 6.07) is 18.8. The molecule has 5 nitrogen and oxygen atoms in total. The van der Waals surface area contributed by atoms with Gasteiger partial charge in [-0.1, -0.05) is 30.3 Å². The maximum absolute atomic E-state index is 5.23. The first-order valence-corrected chi connectivity index (χ1v) is 7.14. The van der Waals surface area contributed by atoms with Gasteiger partial charge in [0.1, 0.15) is 0 Å². The van der Waals surface area contributed by atoms with Crippen LogP contribution in [0.5, 0.6) is 0 Å². The van der Waals surface area contributed by atoms with Gasteiger partial charge in [0, 0.05) is 17.4 Å². The third kappa shape index (κ3) is 4.09. The fourth-order valence-electron chi connectivity index (χ4n) is 2.22. The topological polar surface area (TPSA) is 80.0 Å². The van der Waals surface area contributed by atoms with E-state index in [0.29, 0.717) is 6.04 Å². The second kappa shape index (κ2) is 7.26. The molecule has 0 aromatic heterocycles. The molecule has 0 atom stereocenters. The van der Waals surface area contributed by atoms with Crippen LogP contribution in [0.4, 0.5) is 11.4 Å². The van der Waals surface area contributed by atoms with Crippen LogP contribution in [-0.4, -0.2) is 18.2 Å². The summed E-state index contributed by atoms with van der Waals surface area (Å²) in [5, 5.41) is 7.39. The van der Waals surface area contributed by atoms with Crippen LogP contribution in [-0.2, 0) is 0 Å². The zero-order valence-electron chi connectivity index (χ0n) is 12.8. The number of benzene rings is 2. The smallest absolute Gasteiger partial charge is 0.211 e. The molecule has 22 heavy (non-hydrogen) atoms. The van der Waals surface area contributed by atoms with Gasteiger partial charge < -0.3 is 16.4 Å². The van der Waals surface area contributed by atoms with E-state index in [9.17, 15) is 0 Å². The summed E-state index contributed by atoms with van der Waals surface area (Å²) in [5.41, 5.74) is 13.7. The van der Waals surface area contributed by atoms with Gasteiger partial charge in [0.05, 0.1) is 6.21 Å². The van der Waals surface area contributed by atoms with Crippen molar-refractivity contribution in [2.24, 2.45) is 21.7 Å². The molecule has 0 bridgehead atoms. The SMILES string of the molecule is CC(C)N(c1ccccc1)c1ccc(C=NN=C(N)N)cc1. The highest BCUT2D eigenvalue weighted by molar-refractivity contribution is 5.82. The number of nitrogens with zero attached hydrogens (tertiary/aromatic N) is 3. The quantitative estimate of drug-likeness (QED) is 0.505. The van der Waals surface area contributed by atoms with Crippen molar-refractivity contribution < 1.29 is 0 Å². The molecule has 0 saturated heterocycles. The molecule has 5 heteroatoms. The molecule has 0 saturated carbocycles. The van der Waals surface area contributed by atoms with E-state index in [-0.39, 0.29) is 5.96 Å². The van der Waals surface area contributed by atoms with Crippen LogP contribution >= 0.6 is 0 Å². The Labute approximate surface area is 131 Å². The van der Waals surface area contributed by atoms with Crippen molar-refractivity contribution in [3.8, 4) is 0 Å². The van der Waals surface area contributed by atoms with Crippen molar-refractivity contribution in [2.75, 3.05) is 4.90 Å². The maximum Gasteiger partial charge on any atom is 0.211 e. The Bertz CT molecular complexity index is 641. The Morgan fingerprint density at radius 3 is 2.09 bits per heavy atom. The molecule has 2 rings (SSSR count). The molecule has 0 fully saturated rings. The number of rotatable bonds is 5. The molecule has 4 N–H and O–H groups in total. The Morgan fingerprint density at radius 2 is 1.55 bits per heavy atom. The average molecular weight is 295 g/mol. The van der Waals surface area contributed by atoms with Crippen LogP contribution in [0.3, 0.4) is 0 Å². The van der Waals surface area contributed by atoms with Crippen molar-refractivity contribution in [3.05, 3.63) is 60.2 Å². The largest absolute Gasteiger partial charge is 0.369 e. The number of hydrogen-bond acceptors (Lipinski definition) is 3. The lowest BCUT2D eigenvalue weighted by molar-refractivity contribution is 0.789. The van der Waals surface area contributed by atoms with Crippen LogP contribution in [0.15, 0.2) is 64.8 Å². The highest BCUT2D eigenvalue weighted by Crippen LogP contribution is 2.27. The van der Waals surface area contributed by atoms with E-state index in [1.54, 1.807) is 6.21 Å². The van der Waals surface area contributed by atoms with Gasteiger partial charge in [0.25, 0.3) is 0 Å². The first kappa shape index (κ1) is 15.6. The van der Waals surface area contributed by atoms with E-state index >= 15 is 0 Å². The van der Waals surface area contributed by atoms with E-state index in [1.807, 2.05) is 30.3 Å². The molecule has 114 valence electrons. The molecule has 2 aromatic rings. The van der Waals surface area contributed by atoms with Crippen LogP contribution < -0.4 is 16.4 Å². The Hall–Kier alpha value is -2.82. The molecule has 0 spiro atoms. The maximum atomic E-state index is 5.23. The van der Waals surface area contributed by atoms with Crippen LogP contribution in [0.1, 0.15) is 19.4 Å². The summed E-state index contributed by atoms with van der Waals surface area (Å²) in [6.07, 6.45) is 1.62. The zero-order valence-corrected chi connectivity index (χ0v) is 12.8. The summed E-state index contributed by atoms with van der Waals surface area (Å²) in [6.45, 7) is 4.34. The number of nitrogens with two attached hydrogens (primary N) is 2. The van der Waals surface area contributed by atoms with Gasteiger partial charge in [-0.05, 0) is 43.7 Å². The second-order valence-corrected chi connectivity index (χ2v) is 5.16. The number of para-hydroxylation sites is 1. The van der Waals surface area contributed by atoms with E-state index < -0.39 is 0 Å². The van der Waals surface area contributed by atoms with Crippen LogP contribution in [0.25, 0.3) is 0 Å². The first-order valence-electron chi connectivity index (χ1n) is 7.14. The molecular weight excluding hydrogens is 274 g/mol. The molecule has 0 unspecified atom stereocenters. The molecule has 0 aliphatic heterocycles. The predicted molar refractivity (Wildman–Crippen MR) is 93.6 cm³/mol. The van der Waals surface area contributed by atoms with Gasteiger partial charge in [-0.3, -0.25) is 0 Å². The summed E-state index contributed by atoms with van der Waals surface area (Å²) in [4.78, 5) is 2.27. The third-order valence-corrected chi connectivity index (χ3v) is 3.10. The standard InChI is InChI=1S/C17H21N5/c1-13(2)22(15-6-4-3-5-7-15)16-10-8-14(9-11-16)12-20-21-17(18)19/h3-13H,1-2H3,(H4,18,19,21). The van der Waals surface area contributed by atoms with Crippen molar-refractivity contribution in [1.82, 2.24) is 0 Å². The molecule has 0 heterocycles. The number of anilines is 2. The Kier molecular flexibility index (Phi) is 5.14. The van der Waals surface area contributed by atoms with Gasteiger partial charge in [-0.15, -0.1) is 5.10 Å². The van der Waals surface area contributed by atoms with E-state index in [2.05, 4.69) is 53.2 Å². The molecule has 0 aliphatic rings.